The van der Waals surface area contributed by atoms with E-state index in [0.29, 0.717) is 0 Å². The molecule has 0 aliphatic heterocycles. The topological polar surface area (TPSA) is 37.8 Å². The molecule has 0 fully saturated rings. The molecule has 3 aromatic rings. The summed E-state index contributed by atoms with van der Waals surface area (Å²) in [5, 5.41) is 6.20. The second-order valence-electron chi connectivity index (χ2n) is 4.63. The number of benzene rings is 1. The summed E-state index contributed by atoms with van der Waals surface area (Å²) in [5.74, 6) is -0.245. The number of nitrogens with one attached hydrogen (secondary N) is 1. The van der Waals surface area contributed by atoms with Crippen molar-refractivity contribution < 1.29 is 4.39 Å². The third-order valence-corrected chi connectivity index (χ3v) is 3.71. The molecule has 0 atom stereocenters. The zero-order valence-electron chi connectivity index (χ0n) is 11.1. The first-order valence-electron chi connectivity index (χ1n) is 6.40. The molecule has 5 heteroatoms. The van der Waals surface area contributed by atoms with Gasteiger partial charge in [0.25, 0.3) is 0 Å². The molecule has 20 heavy (non-hydrogen) atoms. The second-order valence-corrected chi connectivity index (χ2v) is 5.35. The highest BCUT2D eigenvalue weighted by atomic mass is 32.1. The molecule has 102 valence electrons. The standard InChI is InChI=1S/C15H14FN3S/c1-10-6-15(17-5-4-12-8-20-9-18-12)13-7-11(16)2-3-14(13)19-10/h2-3,6-9H,4-5H2,1H3,(H,17,19). The van der Waals surface area contributed by atoms with Gasteiger partial charge in [-0.25, -0.2) is 9.37 Å². The highest BCUT2D eigenvalue weighted by molar-refractivity contribution is 7.07. The third-order valence-electron chi connectivity index (χ3n) is 3.08. The van der Waals surface area contributed by atoms with Crippen molar-refractivity contribution in [3.05, 3.63) is 52.4 Å². The molecule has 2 heterocycles. The van der Waals surface area contributed by atoms with Gasteiger partial charge in [0.2, 0.25) is 0 Å². The first-order valence-corrected chi connectivity index (χ1v) is 7.34. The Bertz CT molecular complexity index is 725. The molecule has 3 nitrogen and oxygen atoms in total. The Morgan fingerprint density at radius 1 is 1.30 bits per heavy atom. The van der Waals surface area contributed by atoms with E-state index in [2.05, 4.69) is 15.3 Å². The van der Waals surface area contributed by atoms with Crippen LogP contribution in [0.25, 0.3) is 10.9 Å². The summed E-state index contributed by atoms with van der Waals surface area (Å²) in [6.45, 7) is 2.70. The monoisotopic (exact) mass is 287 g/mol. The molecule has 0 saturated heterocycles. The molecule has 0 amide bonds. The van der Waals surface area contributed by atoms with E-state index in [0.717, 1.165) is 40.9 Å². The van der Waals surface area contributed by atoms with Crippen molar-refractivity contribution in [3.8, 4) is 0 Å². The van der Waals surface area contributed by atoms with Crippen LogP contribution in [0.5, 0.6) is 0 Å². The van der Waals surface area contributed by atoms with Crippen LogP contribution < -0.4 is 5.32 Å². The molecule has 0 aliphatic carbocycles. The fourth-order valence-corrected chi connectivity index (χ4v) is 2.76. The van der Waals surface area contributed by atoms with E-state index in [1.165, 1.54) is 12.1 Å². The van der Waals surface area contributed by atoms with Crippen LogP contribution in [0.15, 0.2) is 35.2 Å². The maximum Gasteiger partial charge on any atom is 0.124 e. The predicted molar refractivity (Wildman–Crippen MR) is 80.7 cm³/mol. The normalized spacial score (nSPS) is 10.9. The first kappa shape index (κ1) is 13.0. The number of fused-ring (bicyclic) bond motifs is 1. The molecule has 2 aromatic heterocycles. The summed E-state index contributed by atoms with van der Waals surface area (Å²) in [5.41, 5.74) is 5.55. The van der Waals surface area contributed by atoms with Crippen LogP contribution >= 0.6 is 11.3 Å². The van der Waals surface area contributed by atoms with E-state index in [1.807, 2.05) is 23.9 Å². The Labute approximate surface area is 120 Å². The highest BCUT2D eigenvalue weighted by Gasteiger charge is 2.05. The first-order chi connectivity index (χ1) is 9.72. The molecule has 0 radical (unpaired) electrons. The average Bonchev–Trinajstić information content (AvgIpc) is 2.92. The second kappa shape index (κ2) is 5.54. The van der Waals surface area contributed by atoms with Crippen molar-refractivity contribution in [2.45, 2.75) is 13.3 Å². The van der Waals surface area contributed by atoms with E-state index < -0.39 is 0 Å². The van der Waals surface area contributed by atoms with Gasteiger partial charge < -0.3 is 5.32 Å². The smallest absolute Gasteiger partial charge is 0.124 e. The zero-order chi connectivity index (χ0) is 13.9. The number of halogens is 1. The fourth-order valence-electron chi connectivity index (χ4n) is 2.16. The van der Waals surface area contributed by atoms with Crippen LogP contribution in [0.4, 0.5) is 10.1 Å². The van der Waals surface area contributed by atoms with Gasteiger partial charge in [-0.1, -0.05) is 0 Å². The van der Waals surface area contributed by atoms with Crippen LogP contribution in [0.1, 0.15) is 11.4 Å². The van der Waals surface area contributed by atoms with E-state index in [-0.39, 0.29) is 5.82 Å². The summed E-state index contributed by atoms with van der Waals surface area (Å²) in [6.07, 6.45) is 0.849. The van der Waals surface area contributed by atoms with Crippen LogP contribution in [-0.4, -0.2) is 16.5 Å². The van der Waals surface area contributed by atoms with E-state index in [1.54, 1.807) is 17.4 Å². The predicted octanol–water partition coefficient (Wildman–Crippen LogP) is 3.79. The summed E-state index contributed by atoms with van der Waals surface area (Å²) >= 11 is 1.59. The number of nitrogens with zero attached hydrogens (tertiary/aromatic N) is 2. The maximum atomic E-state index is 13.4. The third kappa shape index (κ3) is 2.77. The molecule has 1 N–H and O–H groups in total. The van der Waals surface area contributed by atoms with Crippen molar-refractivity contribution in [2.75, 3.05) is 11.9 Å². The van der Waals surface area contributed by atoms with Gasteiger partial charge in [-0.3, -0.25) is 4.98 Å². The molecule has 3 rings (SSSR count). The Hall–Kier alpha value is -2.01. The Kier molecular flexibility index (Phi) is 3.60. The molecular formula is C15H14FN3S. The molecule has 0 saturated carbocycles. The van der Waals surface area contributed by atoms with Crippen molar-refractivity contribution >= 4 is 27.9 Å². The maximum absolute atomic E-state index is 13.4. The van der Waals surface area contributed by atoms with Gasteiger partial charge in [0.1, 0.15) is 5.82 Å². The zero-order valence-corrected chi connectivity index (χ0v) is 11.9. The fraction of sp³-hybridized carbons (Fsp3) is 0.200. The summed E-state index contributed by atoms with van der Waals surface area (Å²) < 4.78 is 13.4. The van der Waals surface area contributed by atoms with Crippen molar-refractivity contribution in [1.82, 2.24) is 9.97 Å². The Balaban J connectivity index is 1.84. The largest absolute Gasteiger partial charge is 0.384 e. The average molecular weight is 287 g/mol. The van der Waals surface area contributed by atoms with E-state index >= 15 is 0 Å². The quantitative estimate of drug-likeness (QED) is 0.793. The van der Waals surface area contributed by atoms with Gasteiger partial charge >= 0.3 is 0 Å². The van der Waals surface area contributed by atoms with E-state index in [4.69, 9.17) is 0 Å². The van der Waals surface area contributed by atoms with Gasteiger partial charge in [0.15, 0.2) is 0 Å². The van der Waals surface area contributed by atoms with Crippen LogP contribution in [0, 0.1) is 12.7 Å². The van der Waals surface area contributed by atoms with Crippen LogP contribution in [0.2, 0.25) is 0 Å². The lowest BCUT2D eigenvalue weighted by atomic mass is 10.1. The minimum Gasteiger partial charge on any atom is -0.384 e. The van der Waals surface area contributed by atoms with Gasteiger partial charge in [0, 0.05) is 35.1 Å². The van der Waals surface area contributed by atoms with Crippen molar-refractivity contribution in [3.63, 3.8) is 0 Å². The van der Waals surface area contributed by atoms with Gasteiger partial charge in [0.05, 0.1) is 16.7 Å². The minimum atomic E-state index is -0.245. The lowest BCUT2D eigenvalue weighted by Gasteiger charge is -2.10. The number of anilines is 1. The summed E-state index contributed by atoms with van der Waals surface area (Å²) in [6, 6.07) is 6.62. The number of rotatable bonds is 4. The van der Waals surface area contributed by atoms with Crippen LogP contribution in [-0.2, 0) is 6.42 Å². The molecule has 1 aromatic carbocycles. The molecule has 0 spiro atoms. The Morgan fingerprint density at radius 2 is 2.20 bits per heavy atom. The Morgan fingerprint density at radius 3 is 3.00 bits per heavy atom. The lowest BCUT2D eigenvalue weighted by Crippen LogP contribution is -2.06. The summed E-state index contributed by atoms with van der Waals surface area (Å²) in [4.78, 5) is 8.67. The molecule has 0 unspecified atom stereocenters. The van der Waals surface area contributed by atoms with Gasteiger partial charge in [-0.2, -0.15) is 0 Å². The number of aryl methyl sites for hydroxylation is 1. The number of thiazole rings is 1. The number of aromatic nitrogens is 2. The van der Waals surface area contributed by atoms with E-state index in [9.17, 15) is 4.39 Å². The molecular weight excluding hydrogens is 273 g/mol. The van der Waals surface area contributed by atoms with Gasteiger partial charge in [-0.15, -0.1) is 11.3 Å². The molecule has 0 bridgehead atoms. The number of hydrogen-bond donors (Lipinski definition) is 1. The van der Waals surface area contributed by atoms with Gasteiger partial charge in [-0.05, 0) is 31.2 Å². The SMILES string of the molecule is Cc1cc(NCCc2cscn2)c2cc(F)ccc2n1. The lowest BCUT2D eigenvalue weighted by molar-refractivity contribution is 0.629. The minimum absolute atomic E-state index is 0.245. The highest BCUT2D eigenvalue weighted by Crippen LogP contribution is 2.24. The van der Waals surface area contributed by atoms with Crippen LogP contribution in [0.3, 0.4) is 0 Å². The molecule has 0 aliphatic rings. The van der Waals surface area contributed by atoms with Crippen molar-refractivity contribution in [1.29, 1.82) is 0 Å². The van der Waals surface area contributed by atoms with Crippen molar-refractivity contribution in [2.24, 2.45) is 0 Å². The summed E-state index contributed by atoms with van der Waals surface area (Å²) in [7, 11) is 0. The number of pyridine rings is 1. The number of hydrogen-bond acceptors (Lipinski definition) is 4.